The van der Waals surface area contributed by atoms with Crippen LogP contribution in [0.5, 0.6) is 0 Å². The standard InChI is InChI=1S/C16H15N3O3/c17-10-16(13-4-2-7-18-11-13)15(6-8-20)12-3-1-5-14(9-12)19(21)22/h1-5,7,9,11,15-16,20H,6,8H2/t15-,16-/m1/s1. The molecule has 0 radical (unpaired) electrons. The van der Waals surface area contributed by atoms with Gasteiger partial charge in [0.25, 0.3) is 5.69 Å². The van der Waals surface area contributed by atoms with Gasteiger partial charge in [-0.25, -0.2) is 0 Å². The number of benzene rings is 1. The van der Waals surface area contributed by atoms with E-state index in [0.717, 1.165) is 5.56 Å². The molecule has 6 nitrogen and oxygen atoms in total. The Hall–Kier alpha value is -2.78. The van der Waals surface area contributed by atoms with Crippen molar-refractivity contribution >= 4 is 5.69 Å². The number of hydrogen-bond acceptors (Lipinski definition) is 5. The van der Waals surface area contributed by atoms with Crippen LogP contribution in [0.3, 0.4) is 0 Å². The largest absolute Gasteiger partial charge is 0.396 e. The third kappa shape index (κ3) is 3.45. The van der Waals surface area contributed by atoms with Gasteiger partial charge in [-0.2, -0.15) is 5.26 Å². The lowest BCUT2D eigenvalue weighted by Gasteiger charge is -2.21. The zero-order chi connectivity index (χ0) is 15.9. The Balaban J connectivity index is 2.43. The first-order chi connectivity index (χ1) is 10.7. The van der Waals surface area contributed by atoms with Crippen molar-refractivity contribution in [2.45, 2.75) is 18.3 Å². The molecule has 1 heterocycles. The number of aliphatic hydroxyl groups is 1. The Kier molecular flexibility index (Phi) is 5.17. The van der Waals surface area contributed by atoms with Crippen molar-refractivity contribution < 1.29 is 10.0 Å². The molecule has 0 fully saturated rings. The van der Waals surface area contributed by atoms with E-state index in [1.807, 2.05) is 0 Å². The fourth-order valence-electron chi connectivity index (χ4n) is 2.49. The van der Waals surface area contributed by atoms with Crippen LogP contribution in [0.4, 0.5) is 5.69 Å². The average Bonchev–Trinajstić information content (AvgIpc) is 2.56. The summed E-state index contributed by atoms with van der Waals surface area (Å²) in [6, 6.07) is 12.0. The number of nitrogens with zero attached hydrogens (tertiary/aromatic N) is 3. The van der Waals surface area contributed by atoms with Crippen molar-refractivity contribution in [3.8, 4) is 6.07 Å². The van der Waals surface area contributed by atoms with Crippen molar-refractivity contribution in [3.63, 3.8) is 0 Å². The topological polar surface area (TPSA) is 100 Å². The fourth-order valence-corrected chi connectivity index (χ4v) is 2.49. The summed E-state index contributed by atoms with van der Waals surface area (Å²) < 4.78 is 0. The molecule has 0 aliphatic heterocycles. The van der Waals surface area contributed by atoms with Crippen LogP contribution in [-0.2, 0) is 0 Å². The van der Waals surface area contributed by atoms with E-state index in [1.165, 1.54) is 12.1 Å². The third-order valence-electron chi connectivity index (χ3n) is 3.53. The summed E-state index contributed by atoms with van der Waals surface area (Å²) in [6.07, 6.45) is 3.57. The van der Waals surface area contributed by atoms with Gasteiger partial charge in [0.2, 0.25) is 0 Å². The number of aliphatic hydroxyl groups excluding tert-OH is 1. The number of rotatable bonds is 6. The highest BCUT2D eigenvalue weighted by molar-refractivity contribution is 5.39. The normalized spacial score (nSPS) is 13.1. The fraction of sp³-hybridized carbons (Fsp3) is 0.250. The minimum Gasteiger partial charge on any atom is -0.396 e. The number of nitro groups is 1. The van der Waals surface area contributed by atoms with Gasteiger partial charge < -0.3 is 5.11 Å². The van der Waals surface area contributed by atoms with Crippen LogP contribution < -0.4 is 0 Å². The molecule has 6 heteroatoms. The van der Waals surface area contributed by atoms with Gasteiger partial charge in [-0.15, -0.1) is 0 Å². The minimum absolute atomic E-state index is 0.0247. The number of pyridine rings is 1. The van der Waals surface area contributed by atoms with Gasteiger partial charge in [0.05, 0.1) is 16.9 Å². The van der Waals surface area contributed by atoms with Crippen LogP contribution in [0.25, 0.3) is 0 Å². The molecule has 22 heavy (non-hydrogen) atoms. The molecule has 0 saturated carbocycles. The number of non-ortho nitro benzene ring substituents is 1. The van der Waals surface area contributed by atoms with Crippen LogP contribution >= 0.6 is 0 Å². The van der Waals surface area contributed by atoms with E-state index in [4.69, 9.17) is 0 Å². The van der Waals surface area contributed by atoms with Gasteiger partial charge in [-0.05, 0) is 23.6 Å². The van der Waals surface area contributed by atoms with Gasteiger partial charge in [-0.3, -0.25) is 15.1 Å². The van der Waals surface area contributed by atoms with Crippen molar-refractivity contribution in [2.75, 3.05) is 6.61 Å². The summed E-state index contributed by atoms with van der Waals surface area (Å²) in [4.78, 5) is 14.5. The third-order valence-corrected chi connectivity index (χ3v) is 3.53. The molecule has 0 aliphatic rings. The Morgan fingerprint density at radius 3 is 2.68 bits per heavy atom. The molecule has 0 bridgehead atoms. The second-order valence-corrected chi connectivity index (χ2v) is 4.86. The van der Waals surface area contributed by atoms with E-state index in [9.17, 15) is 20.5 Å². The van der Waals surface area contributed by atoms with E-state index < -0.39 is 10.8 Å². The van der Waals surface area contributed by atoms with Crippen molar-refractivity contribution in [3.05, 3.63) is 70.0 Å². The molecule has 1 N–H and O–H groups in total. The van der Waals surface area contributed by atoms with Crippen molar-refractivity contribution in [2.24, 2.45) is 0 Å². The second kappa shape index (κ2) is 7.29. The van der Waals surface area contributed by atoms with Crippen LogP contribution in [-0.4, -0.2) is 21.6 Å². The van der Waals surface area contributed by atoms with E-state index >= 15 is 0 Å². The first kappa shape index (κ1) is 15.6. The molecule has 2 aromatic rings. The molecule has 0 unspecified atom stereocenters. The Labute approximate surface area is 127 Å². The predicted molar refractivity (Wildman–Crippen MR) is 80.1 cm³/mol. The zero-order valence-electron chi connectivity index (χ0n) is 11.8. The molecule has 112 valence electrons. The highest BCUT2D eigenvalue weighted by Crippen LogP contribution is 2.36. The van der Waals surface area contributed by atoms with Gasteiger partial charge in [-0.1, -0.05) is 18.2 Å². The first-order valence-electron chi connectivity index (χ1n) is 6.82. The van der Waals surface area contributed by atoms with Crippen LogP contribution in [0.2, 0.25) is 0 Å². The lowest BCUT2D eigenvalue weighted by molar-refractivity contribution is -0.384. The predicted octanol–water partition coefficient (Wildman–Crippen LogP) is 2.76. The quantitative estimate of drug-likeness (QED) is 0.652. The lowest BCUT2D eigenvalue weighted by atomic mass is 9.81. The lowest BCUT2D eigenvalue weighted by Crippen LogP contribution is -2.12. The molecular weight excluding hydrogens is 282 g/mol. The number of nitro benzene ring substituents is 1. The SMILES string of the molecule is N#C[C@H](c1cccnc1)[C@H](CCO)c1cccc([N+](=O)[O-])c1. The van der Waals surface area contributed by atoms with Gasteiger partial charge in [0, 0.05) is 37.1 Å². The van der Waals surface area contributed by atoms with Crippen molar-refractivity contribution in [1.29, 1.82) is 5.26 Å². The summed E-state index contributed by atoms with van der Waals surface area (Å²) in [5.74, 6) is -0.859. The zero-order valence-corrected chi connectivity index (χ0v) is 11.8. The summed E-state index contributed by atoms with van der Waals surface area (Å²) in [7, 11) is 0. The highest BCUT2D eigenvalue weighted by atomic mass is 16.6. The monoisotopic (exact) mass is 297 g/mol. The molecule has 1 aromatic carbocycles. The Morgan fingerprint density at radius 1 is 1.32 bits per heavy atom. The average molecular weight is 297 g/mol. The summed E-state index contributed by atoms with van der Waals surface area (Å²) in [5, 5.41) is 29.8. The van der Waals surface area contributed by atoms with Crippen LogP contribution in [0.1, 0.15) is 29.4 Å². The maximum Gasteiger partial charge on any atom is 0.269 e. The van der Waals surface area contributed by atoms with E-state index in [2.05, 4.69) is 11.1 Å². The molecule has 2 rings (SSSR count). The number of aromatic nitrogens is 1. The Bertz CT molecular complexity index is 683. The summed E-state index contributed by atoms with van der Waals surface area (Å²) in [6.45, 7) is -0.105. The number of nitriles is 1. The van der Waals surface area contributed by atoms with E-state index in [1.54, 1.807) is 36.7 Å². The smallest absolute Gasteiger partial charge is 0.269 e. The van der Waals surface area contributed by atoms with Crippen LogP contribution in [0.15, 0.2) is 48.8 Å². The van der Waals surface area contributed by atoms with Crippen molar-refractivity contribution in [1.82, 2.24) is 4.98 Å². The summed E-state index contributed by atoms with van der Waals surface area (Å²) in [5.41, 5.74) is 1.37. The molecule has 0 amide bonds. The van der Waals surface area contributed by atoms with Gasteiger partial charge in [0.1, 0.15) is 0 Å². The molecule has 0 aliphatic carbocycles. The highest BCUT2D eigenvalue weighted by Gasteiger charge is 2.25. The first-order valence-corrected chi connectivity index (χ1v) is 6.82. The maximum atomic E-state index is 10.9. The molecule has 0 spiro atoms. The van der Waals surface area contributed by atoms with Crippen LogP contribution in [0, 0.1) is 21.4 Å². The molecule has 1 aromatic heterocycles. The van der Waals surface area contributed by atoms with Gasteiger partial charge >= 0.3 is 0 Å². The van der Waals surface area contributed by atoms with E-state index in [0.29, 0.717) is 12.0 Å². The molecule has 0 saturated heterocycles. The number of hydrogen-bond donors (Lipinski definition) is 1. The van der Waals surface area contributed by atoms with Gasteiger partial charge in [0.15, 0.2) is 0 Å². The Morgan fingerprint density at radius 2 is 2.09 bits per heavy atom. The van der Waals surface area contributed by atoms with E-state index in [-0.39, 0.29) is 18.2 Å². The molecular formula is C16H15N3O3. The molecule has 2 atom stereocenters. The minimum atomic E-state index is -0.525. The second-order valence-electron chi connectivity index (χ2n) is 4.86. The maximum absolute atomic E-state index is 10.9. The summed E-state index contributed by atoms with van der Waals surface area (Å²) >= 11 is 0.